The van der Waals surface area contributed by atoms with Crippen LogP contribution in [-0.4, -0.2) is 9.97 Å². The topological polar surface area (TPSA) is 38.9 Å². The number of hydrogen-bond donors (Lipinski definition) is 0. The Hall–Kier alpha value is -7.70. The first-order chi connectivity index (χ1) is 31.2. The van der Waals surface area contributed by atoms with Crippen molar-refractivity contribution in [1.82, 2.24) is 9.97 Å². The molecule has 4 aromatic heterocycles. The molecule has 0 fully saturated rings. The van der Waals surface area contributed by atoms with Gasteiger partial charge in [-0.3, -0.25) is 0 Å². The van der Waals surface area contributed by atoms with Crippen LogP contribution < -0.4 is 0 Å². The van der Waals surface area contributed by atoms with Crippen molar-refractivity contribution < 1.29 is 4.42 Å². The molecule has 13 rings (SSSR count). The molecular formula is C58H34N2OS2. The van der Waals surface area contributed by atoms with Gasteiger partial charge < -0.3 is 4.42 Å². The van der Waals surface area contributed by atoms with E-state index in [0.29, 0.717) is 5.58 Å². The van der Waals surface area contributed by atoms with Crippen LogP contribution in [0.25, 0.3) is 129 Å². The quantitative estimate of drug-likeness (QED) is 0.167. The summed E-state index contributed by atoms with van der Waals surface area (Å²) in [5, 5.41) is 6.21. The second kappa shape index (κ2) is 14.5. The van der Waals surface area contributed by atoms with Crippen molar-refractivity contribution in [2.24, 2.45) is 0 Å². The van der Waals surface area contributed by atoms with Gasteiger partial charge in [-0.25, -0.2) is 9.97 Å². The molecule has 0 aliphatic carbocycles. The predicted octanol–water partition coefficient (Wildman–Crippen LogP) is 17.1. The van der Waals surface area contributed by atoms with Crippen LogP contribution in [0.4, 0.5) is 0 Å². The maximum absolute atomic E-state index is 6.59. The van der Waals surface area contributed by atoms with Crippen molar-refractivity contribution in [3.05, 3.63) is 207 Å². The smallest absolute Gasteiger partial charge is 0.180 e. The Morgan fingerprint density at radius 2 is 0.778 bits per heavy atom. The maximum atomic E-state index is 6.59. The fraction of sp³-hybridized carbons (Fsp3) is 0. The molecule has 0 atom stereocenters. The molecule has 4 heterocycles. The van der Waals surface area contributed by atoms with Crippen LogP contribution in [0.1, 0.15) is 0 Å². The van der Waals surface area contributed by atoms with Crippen LogP contribution in [0, 0.1) is 0 Å². The molecule has 0 aliphatic rings. The average Bonchev–Trinajstić information content (AvgIpc) is 4.05. The van der Waals surface area contributed by atoms with Gasteiger partial charge in [-0.2, -0.15) is 0 Å². The number of fused-ring (bicyclic) bond motifs is 9. The van der Waals surface area contributed by atoms with Gasteiger partial charge in [-0.15, -0.1) is 22.7 Å². The van der Waals surface area contributed by atoms with E-state index in [2.05, 4.69) is 200 Å². The van der Waals surface area contributed by atoms with E-state index in [0.717, 1.165) is 50.0 Å². The monoisotopic (exact) mass is 838 g/mol. The van der Waals surface area contributed by atoms with Gasteiger partial charge in [-0.1, -0.05) is 152 Å². The van der Waals surface area contributed by atoms with Crippen molar-refractivity contribution >= 4 is 85.1 Å². The Labute approximate surface area is 370 Å². The number of benzene rings is 9. The Morgan fingerprint density at radius 1 is 0.333 bits per heavy atom. The molecule has 0 bridgehead atoms. The number of thiophene rings is 2. The van der Waals surface area contributed by atoms with Crippen LogP contribution in [0.3, 0.4) is 0 Å². The van der Waals surface area contributed by atoms with E-state index >= 15 is 0 Å². The Morgan fingerprint density at radius 3 is 1.35 bits per heavy atom. The van der Waals surface area contributed by atoms with Gasteiger partial charge in [0.05, 0.1) is 0 Å². The van der Waals surface area contributed by atoms with Gasteiger partial charge in [0.25, 0.3) is 0 Å². The summed E-state index contributed by atoms with van der Waals surface area (Å²) in [6.07, 6.45) is 1.66. The Bertz CT molecular complexity index is 3950. The lowest BCUT2D eigenvalue weighted by Gasteiger charge is -2.09. The highest BCUT2D eigenvalue weighted by atomic mass is 32.1. The predicted molar refractivity (Wildman–Crippen MR) is 268 cm³/mol. The van der Waals surface area contributed by atoms with Crippen LogP contribution >= 0.6 is 22.7 Å². The molecule has 3 nitrogen and oxygen atoms in total. The van der Waals surface area contributed by atoms with Crippen molar-refractivity contribution in [2.75, 3.05) is 0 Å². The van der Waals surface area contributed by atoms with Gasteiger partial charge in [0.15, 0.2) is 5.58 Å². The molecule has 0 radical (unpaired) electrons. The summed E-state index contributed by atoms with van der Waals surface area (Å²) in [6.45, 7) is 0. The van der Waals surface area contributed by atoms with Gasteiger partial charge in [0, 0.05) is 51.3 Å². The Balaban J connectivity index is 0.835. The zero-order valence-corrected chi connectivity index (χ0v) is 35.4. The minimum absolute atomic E-state index is 0.686. The third-order valence-corrected chi connectivity index (χ3v) is 14.8. The second-order valence-corrected chi connectivity index (χ2v) is 18.2. The first-order valence-corrected chi connectivity index (χ1v) is 22.7. The van der Waals surface area contributed by atoms with E-state index in [1.54, 1.807) is 6.33 Å². The molecule has 13 aromatic rings. The lowest BCUT2D eigenvalue weighted by atomic mass is 9.95. The van der Waals surface area contributed by atoms with Crippen molar-refractivity contribution in [1.29, 1.82) is 0 Å². The van der Waals surface area contributed by atoms with E-state index in [-0.39, 0.29) is 0 Å². The van der Waals surface area contributed by atoms with E-state index in [1.165, 1.54) is 73.7 Å². The van der Waals surface area contributed by atoms with Gasteiger partial charge in [0.1, 0.15) is 23.1 Å². The molecule has 0 amide bonds. The molecular weight excluding hydrogens is 805 g/mol. The van der Waals surface area contributed by atoms with E-state index < -0.39 is 0 Å². The summed E-state index contributed by atoms with van der Waals surface area (Å²) in [4.78, 5) is 9.60. The molecule has 9 aromatic carbocycles. The summed E-state index contributed by atoms with van der Waals surface area (Å²) in [7, 11) is 0. The number of rotatable bonds is 6. The molecule has 0 unspecified atom stereocenters. The minimum atomic E-state index is 0.686. The van der Waals surface area contributed by atoms with Gasteiger partial charge >= 0.3 is 0 Å². The molecule has 63 heavy (non-hydrogen) atoms. The third-order valence-electron chi connectivity index (χ3n) is 12.4. The SMILES string of the molecule is c1cc(-c2cccc(-c3cccc4c3sc3ccccc34)c2)cc(-c2ccc3oc4c(-c5cccc(-c6cccc(-c7cccc8c7sc7ccccc78)c6)c5)ncnc4c3c2)c1. The van der Waals surface area contributed by atoms with E-state index in [1.807, 2.05) is 22.7 Å². The van der Waals surface area contributed by atoms with Crippen molar-refractivity contribution in [2.45, 2.75) is 0 Å². The molecule has 0 N–H and O–H groups in total. The van der Waals surface area contributed by atoms with Crippen LogP contribution in [-0.2, 0) is 0 Å². The molecule has 0 saturated carbocycles. The molecule has 0 aliphatic heterocycles. The molecule has 0 spiro atoms. The zero-order chi connectivity index (χ0) is 41.4. The number of furan rings is 1. The summed E-state index contributed by atoms with van der Waals surface area (Å²) in [5.74, 6) is 0. The number of aromatic nitrogens is 2. The normalized spacial score (nSPS) is 11.8. The molecule has 5 heteroatoms. The van der Waals surface area contributed by atoms with Gasteiger partial charge in [-0.05, 0) is 104 Å². The Kier molecular flexibility index (Phi) is 8.26. The number of hydrogen-bond acceptors (Lipinski definition) is 5. The van der Waals surface area contributed by atoms with Crippen LogP contribution in [0.15, 0.2) is 211 Å². The summed E-state index contributed by atoms with van der Waals surface area (Å²) >= 11 is 3.73. The maximum Gasteiger partial charge on any atom is 0.180 e. The van der Waals surface area contributed by atoms with E-state index in [4.69, 9.17) is 14.4 Å². The molecule has 0 saturated heterocycles. The lowest BCUT2D eigenvalue weighted by molar-refractivity contribution is 0.667. The lowest BCUT2D eigenvalue weighted by Crippen LogP contribution is -1.88. The fourth-order valence-corrected chi connectivity index (χ4v) is 11.8. The van der Waals surface area contributed by atoms with Crippen molar-refractivity contribution in [3.63, 3.8) is 0 Å². The fourth-order valence-electron chi connectivity index (χ4n) is 9.37. The highest BCUT2D eigenvalue weighted by Gasteiger charge is 2.18. The second-order valence-electron chi connectivity index (χ2n) is 16.1. The highest BCUT2D eigenvalue weighted by Crippen LogP contribution is 2.43. The van der Waals surface area contributed by atoms with Crippen LogP contribution in [0.5, 0.6) is 0 Å². The minimum Gasteiger partial charge on any atom is -0.452 e. The average molecular weight is 839 g/mol. The van der Waals surface area contributed by atoms with Crippen molar-refractivity contribution in [3.8, 4) is 66.9 Å². The van der Waals surface area contributed by atoms with Gasteiger partial charge in [0.2, 0.25) is 0 Å². The highest BCUT2D eigenvalue weighted by molar-refractivity contribution is 7.26. The first-order valence-electron chi connectivity index (χ1n) is 21.1. The summed E-state index contributed by atoms with van der Waals surface area (Å²) in [6, 6.07) is 72.3. The number of nitrogens with zero attached hydrogens (tertiary/aromatic N) is 2. The zero-order valence-electron chi connectivity index (χ0n) is 33.7. The standard InChI is InChI=1S/C58H34N2OS2/c1-3-25-52-46(19-1)48-23-9-21-44(57(48)62-52)41-16-6-13-37(30-41)35-11-5-12-36(29-35)40-27-28-51-50(33-40)55-56(61-51)54(59-34-60-55)43-18-8-15-39(32-43)38-14-7-17-42(31-38)45-22-10-24-49-47-20-2-4-26-53(47)63-58(45)49/h1-34H. The summed E-state index contributed by atoms with van der Waals surface area (Å²) in [5.41, 5.74) is 15.8. The summed E-state index contributed by atoms with van der Waals surface area (Å²) < 4.78 is 11.9. The van der Waals surface area contributed by atoms with Crippen LogP contribution in [0.2, 0.25) is 0 Å². The van der Waals surface area contributed by atoms with E-state index in [9.17, 15) is 0 Å². The third kappa shape index (κ3) is 6.00. The largest absolute Gasteiger partial charge is 0.452 e. The molecule has 294 valence electrons. The first kappa shape index (κ1) is 36.0.